The monoisotopic (exact) mass is 418 g/mol. The maximum Gasteiger partial charge on any atom is 0.341 e. The van der Waals surface area contributed by atoms with Crippen LogP contribution < -0.4 is 20.1 Å². The van der Waals surface area contributed by atoms with Crippen LogP contribution in [0.1, 0.15) is 17.3 Å². The zero-order chi connectivity index (χ0) is 21.6. The summed E-state index contributed by atoms with van der Waals surface area (Å²) in [6, 6.07) is 21.6. The number of hydrogen-bond donors (Lipinski definition) is 2. The molecule has 0 aliphatic carbocycles. The number of hydrogen-bond acceptors (Lipinski definition) is 6. The number of benzene rings is 3. The number of ether oxygens (including phenoxy) is 3. The fourth-order valence-corrected chi connectivity index (χ4v) is 3.09. The molecule has 0 spiro atoms. The summed E-state index contributed by atoms with van der Waals surface area (Å²) >= 11 is 0. The van der Waals surface area contributed by atoms with Crippen molar-refractivity contribution in [3.8, 4) is 11.5 Å². The van der Waals surface area contributed by atoms with Gasteiger partial charge in [-0.05, 0) is 43.3 Å². The summed E-state index contributed by atoms with van der Waals surface area (Å²) in [4.78, 5) is 25.3. The van der Waals surface area contributed by atoms with E-state index in [4.69, 9.17) is 14.2 Å². The summed E-state index contributed by atoms with van der Waals surface area (Å²) in [5.41, 5.74) is 2.30. The molecule has 31 heavy (non-hydrogen) atoms. The van der Waals surface area contributed by atoms with Crippen molar-refractivity contribution in [3.63, 3.8) is 0 Å². The first kappa shape index (κ1) is 20.3. The highest BCUT2D eigenvalue weighted by atomic mass is 16.6. The normalized spacial score (nSPS) is 13.1. The Morgan fingerprint density at radius 3 is 2.39 bits per heavy atom. The molecular formula is C24H22N2O5. The zero-order valence-electron chi connectivity index (χ0n) is 17.0. The minimum atomic E-state index is -0.995. The molecule has 0 saturated heterocycles. The van der Waals surface area contributed by atoms with Crippen molar-refractivity contribution in [3.05, 3.63) is 78.4 Å². The number of carbonyl (C=O) groups is 2. The molecule has 4 rings (SSSR count). The Hall–Kier alpha value is -4.00. The van der Waals surface area contributed by atoms with Crippen molar-refractivity contribution in [1.29, 1.82) is 0 Å². The van der Waals surface area contributed by atoms with Crippen molar-refractivity contribution in [2.45, 2.75) is 13.0 Å². The number of carbonyl (C=O) groups excluding carboxylic acids is 2. The highest BCUT2D eigenvalue weighted by molar-refractivity contribution is 6.00. The van der Waals surface area contributed by atoms with E-state index in [1.807, 2.05) is 36.4 Å². The standard InChI is InChI=1S/C24H22N2O5/c1-16(23(27)26-18-11-12-21-22(15-18)30-14-13-29-21)31-24(28)19-9-5-6-10-20(19)25-17-7-3-2-4-8-17/h2-12,15-16,25H,13-14H2,1H3,(H,26,27)/t16-/m0/s1. The first-order chi connectivity index (χ1) is 15.1. The van der Waals surface area contributed by atoms with Crippen LogP contribution in [0.3, 0.4) is 0 Å². The predicted molar refractivity (Wildman–Crippen MR) is 117 cm³/mol. The van der Waals surface area contributed by atoms with Gasteiger partial charge in [-0.1, -0.05) is 30.3 Å². The highest BCUT2D eigenvalue weighted by Crippen LogP contribution is 2.32. The average molecular weight is 418 g/mol. The van der Waals surface area contributed by atoms with Gasteiger partial charge in [-0.25, -0.2) is 4.79 Å². The van der Waals surface area contributed by atoms with E-state index >= 15 is 0 Å². The lowest BCUT2D eigenvalue weighted by molar-refractivity contribution is -0.123. The summed E-state index contributed by atoms with van der Waals surface area (Å²) < 4.78 is 16.4. The van der Waals surface area contributed by atoms with Gasteiger partial charge >= 0.3 is 5.97 Å². The van der Waals surface area contributed by atoms with Gasteiger partial charge in [0, 0.05) is 17.4 Å². The molecule has 2 N–H and O–H groups in total. The van der Waals surface area contributed by atoms with Gasteiger partial charge in [0.1, 0.15) is 13.2 Å². The molecule has 1 aliphatic heterocycles. The summed E-state index contributed by atoms with van der Waals surface area (Å²) in [7, 11) is 0. The quantitative estimate of drug-likeness (QED) is 0.578. The summed E-state index contributed by atoms with van der Waals surface area (Å²) in [5, 5.41) is 5.93. The fraction of sp³-hybridized carbons (Fsp3) is 0.167. The van der Waals surface area contributed by atoms with Crippen LogP contribution in [0.15, 0.2) is 72.8 Å². The third-order valence-corrected chi connectivity index (χ3v) is 4.66. The van der Waals surface area contributed by atoms with Crippen molar-refractivity contribution in [2.75, 3.05) is 23.8 Å². The Morgan fingerprint density at radius 1 is 0.871 bits per heavy atom. The lowest BCUT2D eigenvalue weighted by atomic mass is 10.1. The van der Waals surface area contributed by atoms with Gasteiger partial charge in [-0.15, -0.1) is 0 Å². The molecular weight excluding hydrogens is 396 g/mol. The number of anilines is 3. The van der Waals surface area contributed by atoms with Gasteiger partial charge in [0.25, 0.3) is 5.91 Å². The van der Waals surface area contributed by atoms with E-state index in [0.717, 1.165) is 5.69 Å². The number of rotatable bonds is 6. The molecule has 158 valence electrons. The van der Waals surface area contributed by atoms with Gasteiger partial charge in [-0.3, -0.25) is 4.79 Å². The van der Waals surface area contributed by atoms with Crippen molar-refractivity contribution in [1.82, 2.24) is 0 Å². The molecule has 0 fully saturated rings. The molecule has 3 aromatic rings. The number of para-hydroxylation sites is 2. The molecule has 7 heteroatoms. The lowest BCUT2D eigenvalue weighted by Gasteiger charge is -2.19. The maximum atomic E-state index is 12.7. The summed E-state index contributed by atoms with van der Waals surface area (Å²) in [6.45, 7) is 2.47. The molecule has 0 radical (unpaired) electrons. The Kier molecular flexibility index (Phi) is 6.03. The second-order valence-corrected chi connectivity index (χ2v) is 6.93. The molecule has 0 unspecified atom stereocenters. The predicted octanol–water partition coefficient (Wildman–Crippen LogP) is 4.39. The smallest absolute Gasteiger partial charge is 0.341 e. The molecule has 0 bridgehead atoms. The highest BCUT2D eigenvalue weighted by Gasteiger charge is 2.22. The molecule has 1 amide bonds. The molecule has 0 saturated carbocycles. The van der Waals surface area contributed by atoms with Crippen LogP contribution in [-0.2, 0) is 9.53 Å². The van der Waals surface area contributed by atoms with Gasteiger partial charge in [0.05, 0.1) is 11.3 Å². The van der Waals surface area contributed by atoms with Crippen molar-refractivity contribution in [2.24, 2.45) is 0 Å². The van der Waals surface area contributed by atoms with Gasteiger partial charge in [0.15, 0.2) is 17.6 Å². The van der Waals surface area contributed by atoms with Crippen LogP contribution >= 0.6 is 0 Å². The Labute approximate surface area is 179 Å². The minimum absolute atomic E-state index is 0.338. The topological polar surface area (TPSA) is 85.9 Å². The SMILES string of the molecule is C[C@H](OC(=O)c1ccccc1Nc1ccccc1)C(=O)Nc1ccc2c(c1)OCCO2. The second-order valence-electron chi connectivity index (χ2n) is 6.93. The van der Waals surface area contributed by atoms with Gasteiger partial charge < -0.3 is 24.8 Å². The average Bonchev–Trinajstić information content (AvgIpc) is 2.80. The molecule has 7 nitrogen and oxygen atoms in total. The molecule has 0 aromatic heterocycles. The van der Waals surface area contributed by atoms with Gasteiger partial charge in [0.2, 0.25) is 0 Å². The van der Waals surface area contributed by atoms with E-state index in [0.29, 0.717) is 41.7 Å². The fourth-order valence-electron chi connectivity index (χ4n) is 3.09. The van der Waals surface area contributed by atoms with E-state index < -0.39 is 18.0 Å². The molecule has 1 aliphatic rings. The molecule has 1 atom stereocenters. The molecule has 3 aromatic carbocycles. The number of amides is 1. The first-order valence-electron chi connectivity index (χ1n) is 9.93. The third kappa shape index (κ3) is 4.95. The summed E-state index contributed by atoms with van der Waals surface area (Å²) in [5.74, 6) is 0.156. The van der Waals surface area contributed by atoms with Crippen LogP contribution in [0, 0.1) is 0 Å². The number of nitrogens with one attached hydrogen (secondary N) is 2. The second kappa shape index (κ2) is 9.21. The van der Waals surface area contributed by atoms with E-state index in [9.17, 15) is 9.59 Å². The van der Waals surface area contributed by atoms with E-state index in [-0.39, 0.29) is 0 Å². The Bertz CT molecular complexity index is 1080. The van der Waals surface area contributed by atoms with E-state index in [2.05, 4.69) is 10.6 Å². The Morgan fingerprint density at radius 2 is 1.58 bits per heavy atom. The van der Waals surface area contributed by atoms with Crippen LogP contribution in [-0.4, -0.2) is 31.2 Å². The van der Waals surface area contributed by atoms with Crippen molar-refractivity contribution < 1.29 is 23.8 Å². The number of esters is 1. The molecule has 1 heterocycles. The van der Waals surface area contributed by atoms with Gasteiger partial charge in [-0.2, -0.15) is 0 Å². The van der Waals surface area contributed by atoms with Crippen molar-refractivity contribution >= 4 is 28.9 Å². The summed E-state index contributed by atoms with van der Waals surface area (Å²) in [6.07, 6.45) is -0.995. The van der Waals surface area contributed by atoms with Crippen LogP contribution in [0.25, 0.3) is 0 Å². The van der Waals surface area contributed by atoms with E-state index in [1.54, 1.807) is 36.4 Å². The first-order valence-corrected chi connectivity index (χ1v) is 9.93. The maximum absolute atomic E-state index is 12.7. The third-order valence-electron chi connectivity index (χ3n) is 4.66. The van der Waals surface area contributed by atoms with Crippen LogP contribution in [0.5, 0.6) is 11.5 Å². The van der Waals surface area contributed by atoms with Crippen LogP contribution in [0.2, 0.25) is 0 Å². The lowest BCUT2D eigenvalue weighted by Crippen LogP contribution is -2.30. The minimum Gasteiger partial charge on any atom is -0.486 e. The number of fused-ring (bicyclic) bond motifs is 1. The van der Waals surface area contributed by atoms with Crippen LogP contribution in [0.4, 0.5) is 17.1 Å². The van der Waals surface area contributed by atoms with E-state index in [1.165, 1.54) is 6.92 Å². The zero-order valence-corrected chi connectivity index (χ0v) is 17.0. The Balaban J connectivity index is 1.41. The largest absolute Gasteiger partial charge is 0.486 e.